The van der Waals surface area contributed by atoms with Gasteiger partial charge in [-0.25, -0.2) is 4.98 Å². The van der Waals surface area contributed by atoms with Gasteiger partial charge in [0.15, 0.2) is 0 Å². The molecule has 1 aliphatic rings. The summed E-state index contributed by atoms with van der Waals surface area (Å²) in [6.45, 7) is 4.37. The number of piperazine rings is 1. The molecule has 0 aliphatic carbocycles. The number of rotatable bonds is 3. The minimum absolute atomic E-state index is 0.109. The monoisotopic (exact) mass is 378 g/mol. The average molecular weight is 378 g/mol. The average Bonchev–Trinajstić information content (AvgIpc) is 2.74. The van der Waals surface area contributed by atoms with Gasteiger partial charge in [-0.2, -0.15) is 0 Å². The van der Waals surface area contributed by atoms with Crippen LogP contribution in [0.5, 0.6) is 5.75 Å². The Hall–Kier alpha value is -3.35. The molecule has 0 N–H and O–H groups in total. The standard InChI is InChI=1S/C21H22N4O3/c1-15-5-4-8-25-19(15)22-14-18(21(25)27)20(26)24-11-9-23(10-12-24)16-6-3-7-17(13-16)28-2/h3-8,13-14H,9-12H2,1-2H3. The smallest absolute Gasteiger partial charge is 0.270 e. The molecule has 1 aromatic carbocycles. The van der Waals surface area contributed by atoms with E-state index in [4.69, 9.17) is 4.74 Å². The Bertz CT molecular complexity index is 1080. The molecule has 1 fully saturated rings. The zero-order valence-corrected chi connectivity index (χ0v) is 16.0. The van der Waals surface area contributed by atoms with E-state index in [9.17, 15) is 9.59 Å². The Balaban J connectivity index is 1.52. The van der Waals surface area contributed by atoms with Crippen LogP contribution < -0.4 is 15.2 Å². The number of nitrogens with zero attached hydrogens (tertiary/aromatic N) is 4. The Morgan fingerprint density at radius 2 is 1.89 bits per heavy atom. The van der Waals surface area contributed by atoms with Crippen LogP contribution in [0.15, 0.2) is 53.6 Å². The highest BCUT2D eigenvalue weighted by atomic mass is 16.5. The topological polar surface area (TPSA) is 67.2 Å². The third-order valence-electron chi connectivity index (χ3n) is 5.14. The summed E-state index contributed by atoms with van der Waals surface area (Å²) in [6.07, 6.45) is 3.05. The predicted molar refractivity (Wildman–Crippen MR) is 107 cm³/mol. The molecule has 1 amide bonds. The molecule has 2 aromatic heterocycles. The molecule has 1 aliphatic heterocycles. The van der Waals surface area contributed by atoms with Crippen molar-refractivity contribution >= 4 is 17.2 Å². The van der Waals surface area contributed by atoms with Crippen LogP contribution in [0.25, 0.3) is 5.65 Å². The molecule has 3 heterocycles. The summed E-state index contributed by atoms with van der Waals surface area (Å²) in [5.41, 5.74) is 2.32. The lowest BCUT2D eigenvalue weighted by Crippen LogP contribution is -2.49. The van der Waals surface area contributed by atoms with Crippen LogP contribution in [0, 0.1) is 6.92 Å². The molecule has 0 radical (unpaired) electrons. The van der Waals surface area contributed by atoms with Gasteiger partial charge < -0.3 is 14.5 Å². The summed E-state index contributed by atoms with van der Waals surface area (Å²) < 4.78 is 6.72. The summed E-state index contributed by atoms with van der Waals surface area (Å²) in [6, 6.07) is 11.6. The molecule has 3 aromatic rings. The number of hydrogen-bond acceptors (Lipinski definition) is 5. The first kappa shape index (κ1) is 18.0. The first-order valence-corrected chi connectivity index (χ1v) is 9.24. The first-order chi connectivity index (χ1) is 13.6. The molecule has 7 nitrogen and oxygen atoms in total. The Kier molecular flexibility index (Phi) is 4.73. The fourth-order valence-electron chi connectivity index (χ4n) is 3.54. The number of aromatic nitrogens is 2. The third kappa shape index (κ3) is 3.19. The number of pyridine rings is 1. The molecule has 0 unspecified atom stereocenters. The molecule has 1 saturated heterocycles. The molecular weight excluding hydrogens is 356 g/mol. The fourth-order valence-corrected chi connectivity index (χ4v) is 3.54. The van der Waals surface area contributed by atoms with E-state index in [-0.39, 0.29) is 17.0 Å². The largest absolute Gasteiger partial charge is 0.497 e. The van der Waals surface area contributed by atoms with E-state index in [1.54, 1.807) is 24.3 Å². The van der Waals surface area contributed by atoms with Crippen LogP contribution in [0.2, 0.25) is 0 Å². The first-order valence-electron chi connectivity index (χ1n) is 9.24. The lowest BCUT2D eigenvalue weighted by Gasteiger charge is -2.36. The van der Waals surface area contributed by atoms with Crippen molar-refractivity contribution in [2.24, 2.45) is 0 Å². The number of anilines is 1. The molecule has 0 spiro atoms. The summed E-state index contributed by atoms with van der Waals surface area (Å²) in [7, 11) is 1.65. The van der Waals surface area contributed by atoms with Crippen LogP contribution in [-0.4, -0.2) is 53.5 Å². The fraction of sp³-hybridized carbons (Fsp3) is 0.286. The van der Waals surface area contributed by atoms with E-state index in [1.165, 1.54) is 10.6 Å². The SMILES string of the molecule is COc1cccc(N2CCN(C(=O)c3cnc4c(C)cccn4c3=O)CC2)c1. The minimum Gasteiger partial charge on any atom is -0.497 e. The second kappa shape index (κ2) is 7.34. The van der Waals surface area contributed by atoms with Gasteiger partial charge in [-0.05, 0) is 30.7 Å². The molecular formula is C21H22N4O3. The molecule has 4 rings (SSSR count). The third-order valence-corrected chi connectivity index (χ3v) is 5.14. The van der Waals surface area contributed by atoms with Gasteiger partial charge in [-0.1, -0.05) is 12.1 Å². The summed E-state index contributed by atoms with van der Waals surface area (Å²) in [4.78, 5) is 34.0. The molecule has 0 atom stereocenters. The molecule has 0 bridgehead atoms. The number of carbonyl (C=O) groups excluding carboxylic acids is 1. The highest BCUT2D eigenvalue weighted by Gasteiger charge is 2.25. The lowest BCUT2D eigenvalue weighted by molar-refractivity contribution is 0.0744. The maximum Gasteiger partial charge on any atom is 0.270 e. The summed E-state index contributed by atoms with van der Waals surface area (Å²) >= 11 is 0. The number of hydrogen-bond donors (Lipinski definition) is 0. The Morgan fingerprint density at radius 3 is 2.64 bits per heavy atom. The molecule has 0 saturated carbocycles. The lowest BCUT2D eigenvalue weighted by atomic mass is 10.2. The van der Waals surface area contributed by atoms with Gasteiger partial charge >= 0.3 is 0 Å². The van der Waals surface area contributed by atoms with Gasteiger partial charge in [0.2, 0.25) is 0 Å². The van der Waals surface area contributed by atoms with E-state index in [2.05, 4.69) is 9.88 Å². The molecule has 7 heteroatoms. The van der Waals surface area contributed by atoms with Gasteiger partial charge in [0.1, 0.15) is 17.0 Å². The number of fused-ring (bicyclic) bond motifs is 1. The van der Waals surface area contributed by atoms with E-state index in [0.29, 0.717) is 31.8 Å². The summed E-state index contributed by atoms with van der Waals surface area (Å²) in [5.74, 6) is 0.542. The number of amides is 1. The van der Waals surface area contributed by atoms with Crippen molar-refractivity contribution in [1.82, 2.24) is 14.3 Å². The van der Waals surface area contributed by atoms with E-state index in [0.717, 1.165) is 17.0 Å². The van der Waals surface area contributed by atoms with E-state index >= 15 is 0 Å². The number of benzene rings is 1. The van der Waals surface area contributed by atoms with Crippen molar-refractivity contribution in [3.63, 3.8) is 0 Å². The quantitative estimate of drug-likeness (QED) is 0.697. The second-order valence-electron chi connectivity index (χ2n) is 6.84. The maximum absolute atomic E-state index is 12.9. The van der Waals surface area contributed by atoms with Crippen LogP contribution in [-0.2, 0) is 0 Å². The number of carbonyl (C=O) groups is 1. The minimum atomic E-state index is -0.325. The highest BCUT2D eigenvalue weighted by molar-refractivity contribution is 5.94. The van der Waals surface area contributed by atoms with Crippen molar-refractivity contribution in [2.75, 3.05) is 38.2 Å². The Labute approximate surface area is 162 Å². The number of aryl methyl sites for hydroxylation is 1. The maximum atomic E-state index is 12.9. The van der Waals surface area contributed by atoms with Crippen molar-refractivity contribution in [1.29, 1.82) is 0 Å². The highest BCUT2D eigenvalue weighted by Crippen LogP contribution is 2.22. The zero-order chi connectivity index (χ0) is 19.7. The normalized spacial score (nSPS) is 14.4. The van der Waals surface area contributed by atoms with Gasteiger partial charge in [0.25, 0.3) is 11.5 Å². The van der Waals surface area contributed by atoms with Gasteiger partial charge in [-0.15, -0.1) is 0 Å². The van der Waals surface area contributed by atoms with Gasteiger partial charge in [0.05, 0.1) is 7.11 Å². The van der Waals surface area contributed by atoms with E-state index in [1.807, 2.05) is 37.3 Å². The van der Waals surface area contributed by atoms with Gasteiger partial charge in [-0.3, -0.25) is 14.0 Å². The van der Waals surface area contributed by atoms with Crippen molar-refractivity contribution in [2.45, 2.75) is 6.92 Å². The van der Waals surface area contributed by atoms with Crippen molar-refractivity contribution in [3.8, 4) is 5.75 Å². The zero-order valence-electron chi connectivity index (χ0n) is 16.0. The Morgan fingerprint density at radius 1 is 1.11 bits per heavy atom. The predicted octanol–water partition coefficient (Wildman–Crippen LogP) is 1.97. The van der Waals surface area contributed by atoms with Crippen LogP contribution in [0.1, 0.15) is 15.9 Å². The van der Waals surface area contributed by atoms with E-state index < -0.39 is 0 Å². The number of methoxy groups -OCH3 is 1. The van der Waals surface area contributed by atoms with Crippen molar-refractivity contribution in [3.05, 3.63) is 70.3 Å². The molecule has 144 valence electrons. The molecule has 28 heavy (non-hydrogen) atoms. The van der Waals surface area contributed by atoms with Crippen molar-refractivity contribution < 1.29 is 9.53 Å². The van der Waals surface area contributed by atoms with Crippen LogP contribution >= 0.6 is 0 Å². The number of ether oxygens (including phenoxy) is 1. The van der Waals surface area contributed by atoms with Crippen LogP contribution in [0.3, 0.4) is 0 Å². The summed E-state index contributed by atoms with van der Waals surface area (Å²) in [5, 5.41) is 0. The van der Waals surface area contributed by atoms with Crippen LogP contribution in [0.4, 0.5) is 5.69 Å². The second-order valence-corrected chi connectivity index (χ2v) is 6.84. The van der Waals surface area contributed by atoms with Gasteiger partial charge in [0, 0.05) is 50.3 Å².